The lowest BCUT2D eigenvalue weighted by Gasteiger charge is -2.29. The number of benzene rings is 2. The first kappa shape index (κ1) is 19.5. The third-order valence-electron chi connectivity index (χ3n) is 4.83. The van der Waals surface area contributed by atoms with Crippen molar-refractivity contribution in [3.63, 3.8) is 0 Å². The highest BCUT2D eigenvalue weighted by atomic mass is 127. The summed E-state index contributed by atoms with van der Waals surface area (Å²) in [4.78, 5) is 2.39. The fourth-order valence-electron chi connectivity index (χ4n) is 3.22. The van der Waals surface area contributed by atoms with E-state index >= 15 is 0 Å². The Morgan fingerprint density at radius 2 is 1.85 bits per heavy atom. The van der Waals surface area contributed by atoms with E-state index in [1.807, 2.05) is 18.2 Å². The zero-order valence-corrected chi connectivity index (χ0v) is 17.7. The number of methoxy groups -OCH3 is 1. The molecule has 1 N–H and O–H groups in total. The lowest BCUT2D eigenvalue weighted by Crippen LogP contribution is -2.40. The Morgan fingerprint density at radius 1 is 1.12 bits per heavy atom. The molecule has 4 nitrogen and oxygen atoms in total. The molecule has 1 heterocycles. The Balaban J connectivity index is 1.62. The second kappa shape index (κ2) is 9.58. The van der Waals surface area contributed by atoms with Crippen molar-refractivity contribution in [2.24, 2.45) is 0 Å². The van der Waals surface area contributed by atoms with Crippen LogP contribution in [0.3, 0.4) is 0 Å². The van der Waals surface area contributed by atoms with E-state index in [2.05, 4.69) is 64.1 Å². The number of hydrogen-bond donors (Lipinski definition) is 1. The van der Waals surface area contributed by atoms with E-state index < -0.39 is 0 Å². The van der Waals surface area contributed by atoms with Gasteiger partial charge >= 0.3 is 0 Å². The molecule has 0 saturated carbocycles. The molecule has 1 saturated heterocycles. The second-order valence-corrected chi connectivity index (χ2v) is 8.00. The maximum atomic E-state index is 6.05. The van der Waals surface area contributed by atoms with Gasteiger partial charge in [-0.2, -0.15) is 0 Å². The van der Waals surface area contributed by atoms with E-state index in [-0.39, 0.29) is 0 Å². The quantitative estimate of drug-likeness (QED) is 0.625. The number of ether oxygens (including phenoxy) is 2. The van der Waals surface area contributed by atoms with Crippen molar-refractivity contribution in [3.8, 4) is 11.5 Å². The minimum atomic E-state index is 0.542. The molecule has 0 bridgehead atoms. The van der Waals surface area contributed by atoms with Crippen LogP contribution in [0, 0.1) is 3.57 Å². The van der Waals surface area contributed by atoms with Crippen LogP contribution in [0.5, 0.6) is 11.5 Å². The minimum Gasteiger partial charge on any atom is -0.493 e. The molecule has 0 aromatic heterocycles. The molecule has 1 aliphatic rings. The summed E-state index contributed by atoms with van der Waals surface area (Å²) < 4.78 is 12.7. The molecule has 0 aliphatic carbocycles. The summed E-state index contributed by atoms with van der Waals surface area (Å²) in [5, 5.41) is 3.69. The van der Waals surface area contributed by atoms with E-state index in [9.17, 15) is 0 Å². The Labute approximate surface area is 170 Å². The van der Waals surface area contributed by atoms with Crippen LogP contribution < -0.4 is 14.8 Å². The van der Waals surface area contributed by atoms with Gasteiger partial charge in [0.1, 0.15) is 6.61 Å². The van der Waals surface area contributed by atoms with Crippen LogP contribution in [-0.2, 0) is 13.2 Å². The summed E-state index contributed by atoms with van der Waals surface area (Å²) in [6.45, 7) is 3.75. The standard InChI is InChI=1S/C21H27IN2O2/c1-24-10-8-18(9-11-24)23-14-17-12-19(22)21(20(13-17)25-2)26-15-16-6-4-3-5-7-16/h3-7,12-13,18,23H,8-11,14-15H2,1-2H3. The first-order valence-corrected chi connectivity index (χ1v) is 10.2. The molecule has 1 aliphatic heterocycles. The second-order valence-electron chi connectivity index (χ2n) is 6.84. The van der Waals surface area contributed by atoms with Crippen LogP contribution in [0.2, 0.25) is 0 Å². The number of likely N-dealkylation sites (tertiary alicyclic amines) is 1. The molecule has 0 spiro atoms. The van der Waals surface area contributed by atoms with E-state index in [0.29, 0.717) is 12.6 Å². The normalized spacial score (nSPS) is 15.8. The Hall–Kier alpha value is -1.31. The Bertz CT molecular complexity index is 701. The van der Waals surface area contributed by atoms with Gasteiger partial charge in [0.25, 0.3) is 0 Å². The average Bonchev–Trinajstić information content (AvgIpc) is 2.67. The lowest BCUT2D eigenvalue weighted by atomic mass is 10.1. The molecule has 3 rings (SSSR count). The van der Waals surface area contributed by atoms with Crippen LogP contribution in [0.1, 0.15) is 24.0 Å². The molecular formula is C21H27IN2O2. The van der Waals surface area contributed by atoms with Crippen molar-refractivity contribution in [3.05, 3.63) is 57.2 Å². The van der Waals surface area contributed by atoms with Crippen molar-refractivity contribution >= 4 is 22.6 Å². The summed E-state index contributed by atoms with van der Waals surface area (Å²) in [6, 6.07) is 15.1. The molecule has 1 fully saturated rings. The fraction of sp³-hybridized carbons (Fsp3) is 0.429. The number of rotatable bonds is 7. The molecule has 140 valence electrons. The third kappa shape index (κ3) is 5.34. The molecule has 0 unspecified atom stereocenters. The largest absolute Gasteiger partial charge is 0.493 e. The molecule has 2 aromatic rings. The topological polar surface area (TPSA) is 33.7 Å². The zero-order chi connectivity index (χ0) is 18.4. The Kier molecular flexibility index (Phi) is 7.16. The third-order valence-corrected chi connectivity index (χ3v) is 5.63. The van der Waals surface area contributed by atoms with Gasteiger partial charge in [0, 0.05) is 12.6 Å². The van der Waals surface area contributed by atoms with Crippen LogP contribution in [-0.4, -0.2) is 38.2 Å². The van der Waals surface area contributed by atoms with Gasteiger partial charge in [-0.15, -0.1) is 0 Å². The van der Waals surface area contributed by atoms with Crippen molar-refractivity contribution in [2.45, 2.75) is 32.0 Å². The predicted octanol–water partition coefficient (Wildman–Crippen LogP) is 4.06. The maximum Gasteiger partial charge on any atom is 0.174 e. The highest BCUT2D eigenvalue weighted by Crippen LogP contribution is 2.34. The number of nitrogens with zero attached hydrogens (tertiary/aromatic N) is 1. The summed E-state index contributed by atoms with van der Waals surface area (Å²) >= 11 is 2.34. The maximum absolute atomic E-state index is 6.05. The molecular weight excluding hydrogens is 439 g/mol. The van der Waals surface area contributed by atoms with Gasteiger partial charge in [-0.3, -0.25) is 0 Å². The molecule has 2 aromatic carbocycles. The molecule has 0 atom stereocenters. The Morgan fingerprint density at radius 3 is 2.54 bits per heavy atom. The van der Waals surface area contributed by atoms with Gasteiger partial charge in [0.15, 0.2) is 11.5 Å². The number of hydrogen-bond acceptors (Lipinski definition) is 4. The van der Waals surface area contributed by atoms with Gasteiger partial charge in [0.2, 0.25) is 0 Å². The van der Waals surface area contributed by atoms with Gasteiger partial charge < -0.3 is 19.7 Å². The summed E-state index contributed by atoms with van der Waals surface area (Å²) in [7, 11) is 3.90. The van der Waals surface area contributed by atoms with Gasteiger partial charge in [-0.05, 0) is 78.8 Å². The lowest BCUT2D eigenvalue weighted by molar-refractivity contribution is 0.234. The van der Waals surface area contributed by atoms with E-state index in [1.54, 1.807) is 7.11 Å². The predicted molar refractivity (Wildman–Crippen MR) is 114 cm³/mol. The zero-order valence-electron chi connectivity index (χ0n) is 15.5. The highest BCUT2D eigenvalue weighted by Gasteiger charge is 2.17. The molecule has 5 heteroatoms. The van der Waals surface area contributed by atoms with E-state index in [4.69, 9.17) is 9.47 Å². The minimum absolute atomic E-state index is 0.542. The first-order valence-electron chi connectivity index (χ1n) is 9.11. The molecule has 0 radical (unpaired) electrons. The highest BCUT2D eigenvalue weighted by molar-refractivity contribution is 14.1. The summed E-state index contributed by atoms with van der Waals surface area (Å²) in [5.41, 5.74) is 2.38. The smallest absolute Gasteiger partial charge is 0.174 e. The van der Waals surface area contributed by atoms with Gasteiger partial charge in [-0.1, -0.05) is 30.3 Å². The van der Waals surface area contributed by atoms with Crippen LogP contribution in [0.25, 0.3) is 0 Å². The van der Waals surface area contributed by atoms with Crippen LogP contribution in [0.15, 0.2) is 42.5 Å². The summed E-state index contributed by atoms with van der Waals surface area (Å²) in [6.07, 6.45) is 2.42. The van der Waals surface area contributed by atoms with Crippen molar-refractivity contribution in [1.82, 2.24) is 10.2 Å². The number of piperidine rings is 1. The van der Waals surface area contributed by atoms with Crippen molar-refractivity contribution in [1.29, 1.82) is 0 Å². The molecule has 26 heavy (non-hydrogen) atoms. The van der Waals surface area contributed by atoms with Gasteiger partial charge in [0.05, 0.1) is 10.7 Å². The number of halogens is 1. The van der Waals surface area contributed by atoms with E-state index in [0.717, 1.165) is 27.2 Å². The first-order chi connectivity index (χ1) is 12.7. The monoisotopic (exact) mass is 466 g/mol. The number of nitrogens with one attached hydrogen (secondary N) is 1. The SMILES string of the molecule is COc1cc(CNC2CCN(C)CC2)cc(I)c1OCc1ccccc1. The summed E-state index contributed by atoms with van der Waals surface area (Å²) in [5.74, 6) is 1.62. The van der Waals surface area contributed by atoms with Gasteiger partial charge in [-0.25, -0.2) is 0 Å². The van der Waals surface area contributed by atoms with Crippen LogP contribution >= 0.6 is 22.6 Å². The van der Waals surface area contributed by atoms with Crippen molar-refractivity contribution < 1.29 is 9.47 Å². The van der Waals surface area contributed by atoms with E-state index in [1.165, 1.54) is 31.5 Å². The van der Waals surface area contributed by atoms with Crippen LogP contribution in [0.4, 0.5) is 0 Å². The fourth-order valence-corrected chi connectivity index (χ4v) is 4.04. The average molecular weight is 466 g/mol. The molecule has 0 amide bonds. The van der Waals surface area contributed by atoms with Crippen molar-refractivity contribution in [2.75, 3.05) is 27.2 Å².